The van der Waals surface area contributed by atoms with Crippen molar-refractivity contribution in [2.45, 2.75) is 13.8 Å². The summed E-state index contributed by atoms with van der Waals surface area (Å²) >= 11 is 0. The van der Waals surface area contributed by atoms with Crippen molar-refractivity contribution < 1.29 is 0 Å². The van der Waals surface area contributed by atoms with E-state index in [1.165, 1.54) is 11.1 Å². The topological polar surface area (TPSA) is 43.3 Å². The Balaban J connectivity index is 2.93. The lowest BCUT2D eigenvalue weighted by atomic mass is 10.2. The van der Waals surface area contributed by atoms with Crippen LogP contribution in [0.25, 0.3) is 5.65 Å². The van der Waals surface area contributed by atoms with E-state index in [1.54, 1.807) is 6.20 Å². The number of nitrogens with zero attached hydrogens (tertiary/aromatic N) is 2. The number of fused-ring (bicyclic) bond motifs is 1. The van der Waals surface area contributed by atoms with Crippen LogP contribution in [-0.4, -0.2) is 9.38 Å². The second-order valence-electron chi connectivity index (χ2n) is 3.00. The van der Waals surface area contributed by atoms with Crippen LogP contribution in [0.4, 0.5) is 5.82 Å². The smallest absolute Gasteiger partial charge is 0.141 e. The SMILES string of the molecule is Cc1ccn2c(N)cnc2c1C. The highest BCUT2D eigenvalue weighted by atomic mass is 15.1. The van der Waals surface area contributed by atoms with Gasteiger partial charge in [0.05, 0.1) is 6.20 Å². The van der Waals surface area contributed by atoms with Crippen LogP contribution in [0, 0.1) is 13.8 Å². The average Bonchev–Trinajstić information content (AvgIpc) is 2.41. The van der Waals surface area contributed by atoms with Crippen molar-refractivity contribution in [3.63, 3.8) is 0 Å². The normalized spacial score (nSPS) is 10.8. The van der Waals surface area contributed by atoms with Crippen LogP contribution in [0.2, 0.25) is 0 Å². The molecular formula is C9H11N3. The summed E-state index contributed by atoms with van der Waals surface area (Å²) in [7, 11) is 0. The lowest BCUT2D eigenvalue weighted by molar-refractivity contribution is 1.15. The molecule has 2 rings (SSSR count). The molecule has 0 unspecified atom stereocenters. The highest BCUT2D eigenvalue weighted by Crippen LogP contribution is 2.15. The Morgan fingerprint density at radius 3 is 2.92 bits per heavy atom. The molecule has 0 aliphatic rings. The van der Waals surface area contributed by atoms with E-state index >= 15 is 0 Å². The molecule has 0 amide bonds. The lowest BCUT2D eigenvalue weighted by Crippen LogP contribution is -1.94. The van der Waals surface area contributed by atoms with E-state index in [0.29, 0.717) is 5.82 Å². The summed E-state index contributed by atoms with van der Waals surface area (Å²) in [6.07, 6.45) is 3.63. The minimum Gasteiger partial charge on any atom is -0.383 e. The summed E-state index contributed by atoms with van der Waals surface area (Å²) in [6.45, 7) is 4.12. The van der Waals surface area contributed by atoms with Gasteiger partial charge in [-0.15, -0.1) is 0 Å². The van der Waals surface area contributed by atoms with E-state index in [-0.39, 0.29) is 0 Å². The molecule has 0 bridgehead atoms. The Hall–Kier alpha value is -1.51. The minimum atomic E-state index is 0.688. The second kappa shape index (κ2) is 2.24. The third kappa shape index (κ3) is 0.794. The molecule has 12 heavy (non-hydrogen) atoms. The molecule has 0 fully saturated rings. The molecule has 0 saturated carbocycles. The number of imidazole rings is 1. The fourth-order valence-corrected chi connectivity index (χ4v) is 1.30. The molecule has 0 aliphatic carbocycles. The fraction of sp³-hybridized carbons (Fsp3) is 0.222. The first-order chi connectivity index (χ1) is 5.70. The number of aryl methyl sites for hydroxylation is 2. The third-order valence-corrected chi connectivity index (χ3v) is 2.23. The molecule has 62 valence electrons. The maximum absolute atomic E-state index is 5.70. The average molecular weight is 161 g/mol. The van der Waals surface area contributed by atoms with Crippen LogP contribution in [0.15, 0.2) is 18.5 Å². The van der Waals surface area contributed by atoms with Gasteiger partial charge in [-0.3, -0.25) is 4.40 Å². The molecule has 0 atom stereocenters. The van der Waals surface area contributed by atoms with E-state index in [4.69, 9.17) is 5.73 Å². The van der Waals surface area contributed by atoms with Gasteiger partial charge in [-0.2, -0.15) is 0 Å². The Morgan fingerprint density at radius 2 is 2.17 bits per heavy atom. The summed E-state index contributed by atoms with van der Waals surface area (Å²) in [6, 6.07) is 2.04. The van der Waals surface area contributed by atoms with Gasteiger partial charge in [-0.25, -0.2) is 4.98 Å². The Kier molecular flexibility index (Phi) is 1.33. The van der Waals surface area contributed by atoms with Crippen molar-refractivity contribution >= 4 is 11.5 Å². The van der Waals surface area contributed by atoms with Crippen LogP contribution >= 0.6 is 0 Å². The number of rotatable bonds is 0. The van der Waals surface area contributed by atoms with Gasteiger partial charge in [0.1, 0.15) is 11.5 Å². The number of hydrogen-bond acceptors (Lipinski definition) is 2. The molecule has 3 heteroatoms. The van der Waals surface area contributed by atoms with Gasteiger partial charge in [-0.05, 0) is 31.0 Å². The van der Waals surface area contributed by atoms with Gasteiger partial charge in [0.2, 0.25) is 0 Å². The van der Waals surface area contributed by atoms with E-state index in [0.717, 1.165) is 5.65 Å². The first-order valence-corrected chi connectivity index (χ1v) is 3.89. The fourth-order valence-electron chi connectivity index (χ4n) is 1.30. The van der Waals surface area contributed by atoms with Crippen molar-refractivity contribution in [2.75, 3.05) is 5.73 Å². The molecule has 2 heterocycles. The number of hydrogen-bond donors (Lipinski definition) is 1. The summed E-state index contributed by atoms with van der Waals surface area (Å²) in [4.78, 5) is 4.22. The number of nitrogen functional groups attached to an aromatic ring is 1. The molecular weight excluding hydrogens is 150 g/mol. The van der Waals surface area contributed by atoms with Crippen molar-refractivity contribution in [3.8, 4) is 0 Å². The zero-order valence-electron chi connectivity index (χ0n) is 7.20. The quantitative estimate of drug-likeness (QED) is 0.636. The summed E-state index contributed by atoms with van der Waals surface area (Å²) in [5, 5.41) is 0. The molecule has 0 radical (unpaired) electrons. The van der Waals surface area contributed by atoms with Gasteiger partial charge >= 0.3 is 0 Å². The van der Waals surface area contributed by atoms with Crippen LogP contribution in [-0.2, 0) is 0 Å². The molecule has 0 aromatic carbocycles. The summed E-state index contributed by atoms with van der Waals surface area (Å²) in [5.41, 5.74) is 9.08. The van der Waals surface area contributed by atoms with E-state index in [9.17, 15) is 0 Å². The molecule has 2 N–H and O–H groups in total. The number of aromatic nitrogens is 2. The Morgan fingerprint density at radius 1 is 1.42 bits per heavy atom. The first-order valence-electron chi connectivity index (χ1n) is 3.89. The Labute approximate surface area is 70.8 Å². The standard InChI is InChI=1S/C9H11N3/c1-6-3-4-12-8(10)5-11-9(12)7(6)2/h3-5H,10H2,1-2H3. The van der Waals surface area contributed by atoms with Crippen LogP contribution < -0.4 is 5.73 Å². The van der Waals surface area contributed by atoms with Crippen LogP contribution in [0.3, 0.4) is 0 Å². The molecule has 3 nitrogen and oxygen atoms in total. The number of nitrogens with two attached hydrogens (primary N) is 1. The zero-order valence-corrected chi connectivity index (χ0v) is 7.20. The van der Waals surface area contributed by atoms with Gasteiger partial charge in [0.15, 0.2) is 0 Å². The summed E-state index contributed by atoms with van der Waals surface area (Å²) in [5.74, 6) is 0.688. The van der Waals surface area contributed by atoms with E-state index in [1.807, 2.05) is 16.7 Å². The predicted molar refractivity (Wildman–Crippen MR) is 49.1 cm³/mol. The number of pyridine rings is 1. The van der Waals surface area contributed by atoms with Gasteiger partial charge in [0, 0.05) is 6.20 Å². The molecule has 2 aromatic heterocycles. The monoisotopic (exact) mass is 161 g/mol. The van der Waals surface area contributed by atoms with Crippen molar-refractivity contribution in [3.05, 3.63) is 29.6 Å². The molecule has 0 aliphatic heterocycles. The predicted octanol–water partition coefficient (Wildman–Crippen LogP) is 1.53. The maximum atomic E-state index is 5.70. The van der Waals surface area contributed by atoms with Gasteiger partial charge in [0.25, 0.3) is 0 Å². The molecule has 0 saturated heterocycles. The van der Waals surface area contributed by atoms with Crippen LogP contribution in [0.1, 0.15) is 11.1 Å². The van der Waals surface area contributed by atoms with E-state index < -0.39 is 0 Å². The van der Waals surface area contributed by atoms with Crippen LogP contribution in [0.5, 0.6) is 0 Å². The van der Waals surface area contributed by atoms with Crippen molar-refractivity contribution in [2.24, 2.45) is 0 Å². The molecule has 0 spiro atoms. The largest absolute Gasteiger partial charge is 0.383 e. The summed E-state index contributed by atoms with van der Waals surface area (Å²) < 4.78 is 1.89. The highest BCUT2D eigenvalue weighted by molar-refractivity contribution is 5.55. The number of anilines is 1. The lowest BCUT2D eigenvalue weighted by Gasteiger charge is -2.01. The Bertz CT molecular complexity index is 429. The highest BCUT2D eigenvalue weighted by Gasteiger charge is 2.03. The third-order valence-electron chi connectivity index (χ3n) is 2.23. The van der Waals surface area contributed by atoms with Crippen molar-refractivity contribution in [1.82, 2.24) is 9.38 Å². The first kappa shape index (κ1) is 7.16. The molecule has 2 aromatic rings. The minimum absolute atomic E-state index is 0.688. The van der Waals surface area contributed by atoms with E-state index in [2.05, 4.69) is 18.8 Å². The van der Waals surface area contributed by atoms with Gasteiger partial charge in [-0.1, -0.05) is 0 Å². The second-order valence-corrected chi connectivity index (χ2v) is 3.00. The van der Waals surface area contributed by atoms with Gasteiger partial charge < -0.3 is 5.73 Å². The zero-order chi connectivity index (χ0) is 8.72. The van der Waals surface area contributed by atoms with Crippen molar-refractivity contribution in [1.29, 1.82) is 0 Å². The maximum Gasteiger partial charge on any atom is 0.141 e.